The number of sulfonamides is 1. The number of amides is 1. The van der Waals surface area contributed by atoms with Gasteiger partial charge in [-0.25, -0.2) is 0 Å². The minimum Gasteiger partial charge on any atom is -0.497 e. The van der Waals surface area contributed by atoms with Crippen LogP contribution in [0.15, 0.2) is 57.8 Å². The lowest BCUT2D eigenvalue weighted by Gasteiger charge is -2.28. The molecule has 1 fully saturated rings. The van der Waals surface area contributed by atoms with E-state index >= 15 is 0 Å². The molecule has 1 amide bonds. The number of amidine groups is 1. The van der Waals surface area contributed by atoms with E-state index in [0.717, 1.165) is 17.7 Å². The molecular formula is C23H28N4O4S. The van der Waals surface area contributed by atoms with Crippen molar-refractivity contribution in [2.45, 2.75) is 29.8 Å². The van der Waals surface area contributed by atoms with Gasteiger partial charge >= 0.3 is 0 Å². The number of methoxy groups -OCH3 is 1. The first-order valence-corrected chi connectivity index (χ1v) is 12.0. The molecule has 8 nitrogen and oxygen atoms in total. The van der Waals surface area contributed by atoms with Gasteiger partial charge in [0.05, 0.1) is 13.2 Å². The van der Waals surface area contributed by atoms with E-state index < -0.39 is 16.1 Å². The fourth-order valence-electron chi connectivity index (χ4n) is 4.33. The second-order valence-electron chi connectivity index (χ2n) is 8.24. The molecule has 32 heavy (non-hydrogen) atoms. The van der Waals surface area contributed by atoms with Crippen molar-refractivity contribution in [3.8, 4) is 5.75 Å². The topological polar surface area (TPSA) is 91.3 Å². The Bertz CT molecular complexity index is 1130. The normalized spacial score (nSPS) is 20.1. The Balaban J connectivity index is 1.49. The van der Waals surface area contributed by atoms with Crippen LogP contribution in [0.3, 0.4) is 0 Å². The molecule has 0 aliphatic carbocycles. The van der Waals surface area contributed by atoms with Crippen LogP contribution in [-0.4, -0.2) is 70.3 Å². The van der Waals surface area contributed by atoms with Crippen LogP contribution >= 0.6 is 0 Å². The molecule has 0 saturated carbocycles. The summed E-state index contributed by atoms with van der Waals surface area (Å²) in [6, 6.07) is 14.1. The highest BCUT2D eigenvalue weighted by molar-refractivity contribution is 7.90. The SMILES string of the molecule is COc1ccc(C(CNC(=O)[C@@H]2CCCN2C2=NS(=O)(=O)c3ccccc32)N(C)C)cc1. The first-order valence-electron chi connectivity index (χ1n) is 10.6. The molecule has 1 N–H and O–H groups in total. The molecule has 2 atom stereocenters. The molecule has 170 valence electrons. The van der Waals surface area contributed by atoms with E-state index in [1.54, 1.807) is 31.4 Å². The summed E-state index contributed by atoms with van der Waals surface area (Å²) in [7, 11) is 1.85. The summed E-state index contributed by atoms with van der Waals surface area (Å²) < 4.78 is 34.2. The molecule has 4 rings (SSSR count). The van der Waals surface area contributed by atoms with Crippen molar-refractivity contribution >= 4 is 21.8 Å². The van der Waals surface area contributed by atoms with E-state index in [-0.39, 0.29) is 16.8 Å². The number of nitrogens with zero attached hydrogens (tertiary/aromatic N) is 3. The van der Waals surface area contributed by atoms with Crippen LogP contribution in [0.1, 0.15) is 30.0 Å². The van der Waals surface area contributed by atoms with Crippen LogP contribution in [0.25, 0.3) is 0 Å². The predicted molar refractivity (Wildman–Crippen MR) is 122 cm³/mol. The summed E-state index contributed by atoms with van der Waals surface area (Å²) >= 11 is 0. The van der Waals surface area contributed by atoms with Gasteiger partial charge in [-0.3, -0.25) is 4.79 Å². The maximum absolute atomic E-state index is 13.1. The number of hydrogen-bond donors (Lipinski definition) is 1. The first kappa shape index (κ1) is 22.3. The molecule has 2 aliphatic heterocycles. The number of ether oxygens (including phenoxy) is 1. The Kier molecular flexibility index (Phi) is 6.21. The Morgan fingerprint density at radius 3 is 2.62 bits per heavy atom. The Hall–Kier alpha value is -2.91. The van der Waals surface area contributed by atoms with E-state index in [0.29, 0.717) is 30.9 Å². The zero-order valence-electron chi connectivity index (χ0n) is 18.5. The summed E-state index contributed by atoms with van der Waals surface area (Å²) in [5.41, 5.74) is 1.64. The largest absolute Gasteiger partial charge is 0.497 e. The number of likely N-dealkylation sites (tertiary alicyclic amines) is 1. The van der Waals surface area contributed by atoms with Gasteiger partial charge in [-0.2, -0.15) is 8.42 Å². The van der Waals surface area contributed by atoms with Crippen LogP contribution in [0.2, 0.25) is 0 Å². The van der Waals surface area contributed by atoms with Crippen molar-refractivity contribution < 1.29 is 17.9 Å². The molecule has 1 unspecified atom stereocenters. The third-order valence-electron chi connectivity index (χ3n) is 6.03. The Labute approximate surface area is 188 Å². The van der Waals surface area contributed by atoms with Gasteiger partial charge in [-0.15, -0.1) is 4.40 Å². The second kappa shape index (κ2) is 8.91. The van der Waals surface area contributed by atoms with Crippen molar-refractivity contribution in [2.24, 2.45) is 4.40 Å². The number of carbonyl (C=O) groups excluding carboxylic acids is 1. The fraction of sp³-hybridized carbons (Fsp3) is 0.391. The highest BCUT2D eigenvalue weighted by atomic mass is 32.2. The minimum absolute atomic E-state index is 0.00960. The maximum atomic E-state index is 13.1. The lowest BCUT2D eigenvalue weighted by atomic mass is 10.1. The van der Waals surface area contributed by atoms with E-state index in [2.05, 4.69) is 14.6 Å². The average molecular weight is 457 g/mol. The van der Waals surface area contributed by atoms with Crippen molar-refractivity contribution in [1.82, 2.24) is 15.1 Å². The summed E-state index contributed by atoms with van der Waals surface area (Å²) in [5.74, 6) is 1.04. The van der Waals surface area contributed by atoms with Crippen molar-refractivity contribution in [2.75, 3.05) is 34.3 Å². The van der Waals surface area contributed by atoms with Gasteiger partial charge in [0.2, 0.25) is 5.91 Å². The van der Waals surface area contributed by atoms with Gasteiger partial charge in [0.1, 0.15) is 16.7 Å². The van der Waals surface area contributed by atoms with E-state index in [9.17, 15) is 13.2 Å². The third-order valence-corrected chi connectivity index (χ3v) is 7.36. The van der Waals surface area contributed by atoms with Crippen molar-refractivity contribution in [1.29, 1.82) is 0 Å². The smallest absolute Gasteiger partial charge is 0.285 e. The summed E-state index contributed by atoms with van der Waals surface area (Å²) in [4.78, 5) is 17.2. The van der Waals surface area contributed by atoms with Crippen molar-refractivity contribution in [3.05, 3.63) is 59.7 Å². The third kappa shape index (κ3) is 4.22. The van der Waals surface area contributed by atoms with Crippen LogP contribution in [0, 0.1) is 0 Å². The second-order valence-corrected chi connectivity index (χ2v) is 9.81. The van der Waals surface area contributed by atoms with Crippen LogP contribution in [-0.2, 0) is 14.8 Å². The highest BCUT2D eigenvalue weighted by Gasteiger charge is 2.39. The molecule has 0 bridgehead atoms. The molecular weight excluding hydrogens is 428 g/mol. The summed E-state index contributed by atoms with van der Waals surface area (Å²) in [6.07, 6.45) is 1.46. The number of fused-ring (bicyclic) bond motifs is 1. The number of likely N-dealkylation sites (N-methyl/N-ethyl adjacent to an activating group) is 1. The fourth-order valence-corrected chi connectivity index (χ4v) is 5.55. The maximum Gasteiger partial charge on any atom is 0.285 e. The standard InChI is InChI=1S/C23H28N4O4S/c1-26(2)20(16-10-12-17(31-3)13-11-16)15-24-23(28)19-8-6-14-27(19)22-18-7-4-5-9-21(18)32(29,30)25-22/h4-5,7,9-13,19-20H,6,8,14-15H2,1-3H3,(H,24,28)/t19-,20?/m0/s1. The number of rotatable bonds is 6. The molecule has 0 aromatic heterocycles. The number of nitrogens with one attached hydrogen (secondary N) is 1. The van der Waals surface area contributed by atoms with E-state index in [1.165, 1.54) is 0 Å². The van der Waals surface area contributed by atoms with Gasteiger partial charge in [0.15, 0.2) is 5.84 Å². The Morgan fingerprint density at radius 1 is 1.22 bits per heavy atom. The van der Waals surface area contributed by atoms with E-state index in [4.69, 9.17) is 4.74 Å². The Morgan fingerprint density at radius 2 is 1.94 bits per heavy atom. The zero-order valence-corrected chi connectivity index (χ0v) is 19.3. The highest BCUT2D eigenvalue weighted by Crippen LogP contribution is 2.31. The molecule has 2 aromatic rings. The monoisotopic (exact) mass is 456 g/mol. The summed E-state index contributed by atoms with van der Waals surface area (Å²) in [5, 5.41) is 3.07. The first-order chi connectivity index (χ1) is 15.3. The summed E-state index contributed by atoms with van der Waals surface area (Å²) in [6.45, 7) is 1.03. The van der Waals surface area contributed by atoms with Crippen molar-refractivity contribution in [3.63, 3.8) is 0 Å². The lowest BCUT2D eigenvalue weighted by molar-refractivity contribution is -0.124. The van der Waals surface area contributed by atoms with Crippen LogP contribution < -0.4 is 10.1 Å². The van der Waals surface area contributed by atoms with Gasteiger partial charge < -0.3 is 19.9 Å². The molecule has 0 spiro atoms. The molecule has 2 aromatic carbocycles. The van der Waals surface area contributed by atoms with Gasteiger partial charge in [0.25, 0.3) is 10.0 Å². The van der Waals surface area contributed by atoms with E-state index in [1.807, 2.05) is 43.3 Å². The molecule has 9 heteroatoms. The number of benzene rings is 2. The minimum atomic E-state index is -3.72. The average Bonchev–Trinajstić information content (AvgIpc) is 3.37. The molecule has 0 radical (unpaired) electrons. The molecule has 1 saturated heterocycles. The van der Waals surface area contributed by atoms with Crippen LogP contribution in [0.5, 0.6) is 5.75 Å². The molecule has 2 heterocycles. The van der Waals surface area contributed by atoms with Crippen LogP contribution in [0.4, 0.5) is 0 Å². The molecule has 2 aliphatic rings. The van der Waals surface area contributed by atoms with Gasteiger partial charge in [0, 0.05) is 18.7 Å². The number of hydrogen-bond acceptors (Lipinski definition) is 6. The number of carbonyl (C=O) groups is 1. The zero-order chi connectivity index (χ0) is 22.9. The van der Waals surface area contributed by atoms with Gasteiger partial charge in [-0.1, -0.05) is 24.3 Å². The van der Waals surface area contributed by atoms with Gasteiger partial charge in [-0.05, 0) is 56.8 Å². The lowest BCUT2D eigenvalue weighted by Crippen LogP contribution is -2.47. The predicted octanol–water partition coefficient (Wildman–Crippen LogP) is 2.03. The quantitative estimate of drug-likeness (QED) is 0.715.